The van der Waals surface area contributed by atoms with E-state index in [4.69, 9.17) is 5.73 Å². The van der Waals surface area contributed by atoms with E-state index in [0.717, 1.165) is 24.9 Å². The zero-order valence-electron chi connectivity index (χ0n) is 8.85. The van der Waals surface area contributed by atoms with Gasteiger partial charge in [-0.3, -0.25) is 4.68 Å². The summed E-state index contributed by atoms with van der Waals surface area (Å²) in [5.41, 5.74) is 6.56. The molecule has 4 nitrogen and oxygen atoms in total. The Bertz CT molecular complexity index is 272. The lowest BCUT2D eigenvalue weighted by molar-refractivity contribution is 0.144. The first-order valence-corrected chi connectivity index (χ1v) is 5.15. The fourth-order valence-electron chi connectivity index (χ4n) is 1.35. The molecule has 0 aliphatic rings. The zero-order valence-corrected chi connectivity index (χ0v) is 8.85. The number of rotatable bonds is 5. The number of hydrogen-bond donors (Lipinski definition) is 2. The first-order chi connectivity index (χ1) is 6.69. The maximum absolute atomic E-state index is 9.79. The molecule has 1 aromatic heterocycles. The molecule has 0 spiro atoms. The fourth-order valence-corrected chi connectivity index (χ4v) is 1.35. The van der Waals surface area contributed by atoms with Crippen molar-refractivity contribution in [3.63, 3.8) is 0 Å². The van der Waals surface area contributed by atoms with Gasteiger partial charge in [-0.1, -0.05) is 13.8 Å². The van der Waals surface area contributed by atoms with Gasteiger partial charge in [-0.2, -0.15) is 5.10 Å². The summed E-state index contributed by atoms with van der Waals surface area (Å²) >= 11 is 0. The van der Waals surface area contributed by atoms with Crippen LogP contribution in [-0.4, -0.2) is 20.9 Å². The van der Waals surface area contributed by atoms with Crippen LogP contribution in [0.1, 0.15) is 38.4 Å². The van der Waals surface area contributed by atoms with Crippen LogP contribution in [0.3, 0.4) is 0 Å². The second kappa shape index (κ2) is 5.12. The van der Waals surface area contributed by atoms with Crippen LogP contribution in [0.25, 0.3) is 0 Å². The molecule has 2 atom stereocenters. The highest BCUT2D eigenvalue weighted by molar-refractivity contribution is 5.10. The summed E-state index contributed by atoms with van der Waals surface area (Å²) in [5, 5.41) is 13.9. The molecule has 0 bridgehead atoms. The van der Waals surface area contributed by atoms with E-state index >= 15 is 0 Å². The first kappa shape index (κ1) is 11.2. The smallest absolute Gasteiger partial charge is 0.0971 e. The lowest BCUT2D eigenvalue weighted by atomic mass is 10.0. The van der Waals surface area contributed by atoms with Gasteiger partial charge in [-0.25, -0.2) is 0 Å². The first-order valence-electron chi connectivity index (χ1n) is 5.15. The predicted molar refractivity (Wildman–Crippen MR) is 55.7 cm³/mol. The van der Waals surface area contributed by atoms with Crippen molar-refractivity contribution in [2.24, 2.45) is 5.73 Å². The van der Waals surface area contributed by atoms with E-state index in [1.54, 1.807) is 6.20 Å². The number of aliphatic hydroxyl groups excluding tert-OH is 1. The van der Waals surface area contributed by atoms with E-state index < -0.39 is 6.10 Å². The van der Waals surface area contributed by atoms with Gasteiger partial charge in [0.25, 0.3) is 0 Å². The molecule has 0 aliphatic heterocycles. The minimum Gasteiger partial charge on any atom is -0.387 e. The van der Waals surface area contributed by atoms with Crippen molar-refractivity contribution >= 4 is 0 Å². The van der Waals surface area contributed by atoms with Gasteiger partial charge < -0.3 is 10.8 Å². The maximum atomic E-state index is 9.79. The van der Waals surface area contributed by atoms with E-state index in [2.05, 4.69) is 12.0 Å². The molecule has 0 aromatic carbocycles. The maximum Gasteiger partial charge on any atom is 0.0971 e. The Morgan fingerprint density at radius 2 is 2.29 bits per heavy atom. The number of hydrogen-bond acceptors (Lipinski definition) is 3. The van der Waals surface area contributed by atoms with Crippen LogP contribution in [0.4, 0.5) is 0 Å². The number of aromatic nitrogens is 2. The molecule has 1 rings (SSSR count). The Balaban J connectivity index is 2.65. The molecule has 14 heavy (non-hydrogen) atoms. The minimum absolute atomic E-state index is 0.200. The van der Waals surface area contributed by atoms with E-state index in [9.17, 15) is 5.11 Å². The van der Waals surface area contributed by atoms with Crippen molar-refractivity contribution in [3.05, 3.63) is 18.0 Å². The molecule has 80 valence electrons. The summed E-state index contributed by atoms with van der Waals surface area (Å²) in [6, 6.07) is -0.200. The molecule has 0 saturated heterocycles. The Kier molecular flexibility index (Phi) is 4.10. The highest BCUT2D eigenvalue weighted by Gasteiger charge is 2.16. The minimum atomic E-state index is -0.592. The third kappa shape index (κ3) is 2.56. The lowest BCUT2D eigenvalue weighted by Gasteiger charge is -2.14. The van der Waals surface area contributed by atoms with E-state index in [-0.39, 0.29) is 6.04 Å². The number of aryl methyl sites for hydroxylation is 1. The Morgan fingerprint density at radius 1 is 1.57 bits per heavy atom. The van der Waals surface area contributed by atoms with Gasteiger partial charge >= 0.3 is 0 Å². The summed E-state index contributed by atoms with van der Waals surface area (Å²) in [6.45, 7) is 4.94. The molecular formula is C10H19N3O. The van der Waals surface area contributed by atoms with Gasteiger partial charge in [0.1, 0.15) is 0 Å². The van der Waals surface area contributed by atoms with E-state index in [1.165, 1.54) is 0 Å². The monoisotopic (exact) mass is 197 g/mol. The number of nitrogens with two attached hydrogens (primary N) is 1. The van der Waals surface area contributed by atoms with Crippen molar-refractivity contribution in [3.8, 4) is 0 Å². The summed E-state index contributed by atoms with van der Waals surface area (Å²) in [6.07, 6.45) is 4.77. The van der Waals surface area contributed by atoms with Crippen molar-refractivity contribution in [2.45, 2.75) is 45.4 Å². The molecule has 2 unspecified atom stereocenters. The Labute approximate surface area is 84.7 Å². The van der Waals surface area contributed by atoms with Gasteiger partial charge in [-0.15, -0.1) is 0 Å². The van der Waals surface area contributed by atoms with Crippen LogP contribution >= 0.6 is 0 Å². The van der Waals surface area contributed by atoms with Gasteiger partial charge in [-0.05, 0) is 12.8 Å². The molecular weight excluding hydrogens is 178 g/mol. The molecule has 1 aromatic rings. The van der Waals surface area contributed by atoms with Crippen LogP contribution in [0.5, 0.6) is 0 Å². The topological polar surface area (TPSA) is 64.1 Å². The van der Waals surface area contributed by atoms with Crippen LogP contribution in [0.2, 0.25) is 0 Å². The third-order valence-corrected chi connectivity index (χ3v) is 2.32. The summed E-state index contributed by atoms with van der Waals surface area (Å²) in [4.78, 5) is 0. The van der Waals surface area contributed by atoms with Crippen molar-refractivity contribution < 1.29 is 5.11 Å². The van der Waals surface area contributed by atoms with Crippen LogP contribution in [0.15, 0.2) is 12.4 Å². The Hall–Kier alpha value is -0.870. The van der Waals surface area contributed by atoms with Gasteiger partial charge in [0.15, 0.2) is 0 Å². The van der Waals surface area contributed by atoms with Crippen LogP contribution in [0, 0.1) is 0 Å². The Morgan fingerprint density at radius 3 is 2.86 bits per heavy atom. The number of aliphatic hydroxyl groups is 1. The second-order valence-corrected chi connectivity index (χ2v) is 3.55. The van der Waals surface area contributed by atoms with Gasteiger partial charge in [0.05, 0.1) is 12.3 Å². The second-order valence-electron chi connectivity index (χ2n) is 3.55. The quantitative estimate of drug-likeness (QED) is 0.742. The molecule has 1 heterocycles. The largest absolute Gasteiger partial charge is 0.387 e. The summed E-state index contributed by atoms with van der Waals surface area (Å²) < 4.78 is 1.83. The normalized spacial score (nSPS) is 15.4. The highest BCUT2D eigenvalue weighted by Crippen LogP contribution is 2.16. The zero-order chi connectivity index (χ0) is 10.6. The molecule has 0 amide bonds. The highest BCUT2D eigenvalue weighted by atomic mass is 16.3. The molecule has 0 radical (unpaired) electrons. The van der Waals surface area contributed by atoms with Crippen LogP contribution in [-0.2, 0) is 6.54 Å². The molecule has 0 aliphatic carbocycles. The predicted octanol–water partition coefficient (Wildman–Crippen LogP) is 1.06. The molecule has 0 fully saturated rings. The number of nitrogens with zero attached hydrogens (tertiary/aromatic N) is 2. The van der Waals surface area contributed by atoms with Crippen molar-refractivity contribution in [1.29, 1.82) is 0 Å². The fraction of sp³-hybridized carbons (Fsp3) is 0.700. The van der Waals surface area contributed by atoms with Gasteiger partial charge in [0.2, 0.25) is 0 Å². The summed E-state index contributed by atoms with van der Waals surface area (Å²) in [7, 11) is 0. The van der Waals surface area contributed by atoms with Crippen molar-refractivity contribution in [2.75, 3.05) is 0 Å². The van der Waals surface area contributed by atoms with E-state index in [0.29, 0.717) is 0 Å². The summed E-state index contributed by atoms with van der Waals surface area (Å²) in [5.74, 6) is 0. The molecule has 3 N–H and O–H groups in total. The standard InChI is InChI=1S/C10H19N3O/c1-3-5-13-7-8(6-12-13)10(14)9(11)4-2/h6-7,9-10,14H,3-5,11H2,1-2H3. The molecule has 4 heteroatoms. The van der Waals surface area contributed by atoms with Crippen LogP contribution < -0.4 is 5.73 Å². The van der Waals surface area contributed by atoms with Crippen molar-refractivity contribution in [1.82, 2.24) is 9.78 Å². The third-order valence-electron chi connectivity index (χ3n) is 2.32. The lowest BCUT2D eigenvalue weighted by Crippen LogP contribution is -2.27. The molecule has 0 saturated carbocycles. The average molecular weight is 197 g/mol. The SMILES string of the molecule is CCCn1cc(C(O)C(N)CC)cn1. The van der Waals surface area contributed by atoms with E-state index in [1.807, 2.05) is 17.8 Å². The van der Waals surface area contributed by atoms with Gasteiger partial charge in [0, 0.05) is 24.3 Å². The average Bonchev–Trinajstić information content (AvgIpc) is 2.64.